The largest absolute Gasteiger partial charge is 0.450 e. The first-order chi connectivity index (χ1) is 20.5. The predicted molar refractivity (Wildman–Crippen MR) is 170 cm³/mol. The topological polar surface area (TPSA) is 54.8 Å². The van der Waals surface area contributed by atoms with E-state index in [2.05, 4.69) is 27.3 Å². The quantitative estimate of drug-likeness (QED) is 0.134. The van der Waals surface area contributed by atoms with Gasteiger partial charge < -0.3 is 19.1 Å². The van der Waals surface area contributed by atoms with E-state index in [0.717, 1.165) is 35.9 Å². The van der Waals surface area contributed by atoms with Gasteiger partial charge in [0, 0.05) is 58.7 Å². The molecule has 2 heterocycles. The van der Waals surface area contributed by atoms with E-state index < -0.39 is 23.1 Å². The Morgan fingerprint density at radius 2 is 1.88 bits per heavy atom. The molecule has 1 saturated heterocycles. The maximum atomic E-state index is 15.0. The van der Waals surface area contributed by atoms with Crippen molar-refractivity contribution in [2.75, 3.05) is 32.1 Å². The van der Waals surface area contributed by atoms with Gasteiger partial charge in [0.1, 0.15) is 17.5 Å². The minimum atomic E-state index is -0.527. The summed E-state index contributed by atoms with van der Waals surface area (Å²) in [6.45, 7) is 10.8. The van der Waals surface area contributed by atoms with Crippen LogP contribution in [0.5, 0.6) is 0 Å². The Hall–Kier alpha value is -3.17. The first-order valence-electron chi connectivity index (χ1n) is 15.0. The first-order valence-corrected chi connectivity index (χ1v) is 17.9. The Morgan fingerprint density at radius 3 is 2.56 bits per heavy atom. The van der Waals surface area contributed by atoms with Gasteiger partial charge in [0.15, 0.2) is 0 Å². The fourth-order valence-corrected chi connectivity index (χ4v) is 6.45. The van der Waals surface area contributed by atoms with Gasteiger partial charge in [-0.3, -0.25) is 4.79 Å². The van der Waals surface area contributed by atoms with Crippen molar-refractivity contribution in [3.05, 3.63) is 83.7 Å². The second-order valence-electron chi connectivity index (χ2n) is 12.4. The van der Waals surface area contributed by atoms with Gasteiger partial charge >= 0.3 is 6.09 Å². The van der Waals surface area contributed by atoms with Gasteiger partial charge in [0.25, 0.3) is 0 Å². The summed E-state index contributed by atoms with van der Waals surface area (Å²) in [5.41, 5.74) is 2.07. The van der Waals surface area contributed by atoms with E-state index in [9.17, 15) is 18.4 Å². The van der Waals surface area contributed by atoms with Crippen molar-refractivity contribution in [3.63, 3.8) is 0 Å². The number of amides is 2. The Bertz CT molecular complexity index is 1400. The third kappa shape index (κ3) is 8.26. The van der Waals surface area contributed by atoms with E-state index in [0.29, 0.717) is 38.3 Å². The van der Waals surface area contributed by atoms with Crippen LogP contribution >= 0.6 is 11.6 Å². The lowest BCUT2D eigenvalue weighted by atomic mass is 9.82. The molecule has 2 atom stereocenters. The highest BCUT2D eigenvalue weighted by atomic mass is 35.5. The number of halogens is 3. The Kier molecular flexibility index (Phi) is 11.1. The third-order valence-corrected chi connectivity index (χ3v) is 9.16. The van der Waals surface area contributed by atoms with Crippen molar-refractivity contribution in [3.8, 4) is 11.1 Å². The molecule has 0 aliphatic carbocycles. The van der Waals surface area contributed by atoms with Crippen LogP contribution in [0.1, 0.15) is 44.5 Å². The van der Waals surface area contributed by atoms with Crippen LogP contribution < -0.4 is 0 Å². The third-order valence-electron chi connectivity index (χ3n) is 7.93. The Balaban J connectivity index is 1.72. The Morgan fingerprint density at radius 1 is 1.14 bits per heavy atom. The fraction of sp³-hybridized carbons (Fsp3) is 0.455. The predicted octanol–water partition coefficient (Wildman–Crippen LogP) is 6.73. The van der Waals surface area contributed by atoms with E-state index in [1.54, 1.807) is 4.90 Å². The minimum absolute atomic E-state index is 0.0442. The van der Waals surface area contributed by atoms with Crippen molar-refractivity contribution >= 4 is 33.1 Å². The Labute approximate surface area is 260 Å². The molecule has 6 nitrogen and oxygen atoms in total. The fourth-order valence-electron chi connectivity index (χ4n) is 5.86. The van der Waals surface area contributed by atoms with Gasteiger partial charge in [-0.25, -0.2) is 13.6 Å². The zero-order valence-corrected chi connectivity index (χ0v) is 27.7. The molecule has 0 N–H and O–H groups in total. The average molecular weight is 630 g/mol. The molecule has 0 radical (unpaired) electrons. The molecule has 2 amide bonds. The van der Waals surface area contributed by atoms with Gasteiger partial charge in [0.05, 0.1) is 12.6 Å². The van der Waals surface area contributed by atoms with Crippen molar-refractivity contribution in [2.45, 2.75) is 52.4 Å². The van der Waals surface area contributed by atoms with Gasteiger partial charge in [0.2, 0.25) is 5.91 Å². The molecule has 1 aromatic heterocycles. The molecule has 1 aliphatic rings. The number of ether oxygens (including phenoxy) is 1. The van der Waals surface area contributed by atoms with Gasteiger partial charge in [-0.1, -0.05) is 57.7 Å². The van der Waals surface area contributed by atoms with Crippen molar-refractivity contribution in [1.29, 1.82) is 0 Å². The van der Waals surface area contributed by atoms with E-state index in [1.165, 1.54) is 6.07 Å². The molecule has 1 fully saturated rings. The molecule has 4 rings (SSSR count). The maximum Gasteiger partial charge on any atom is 0.409 e. The van der Waals surface area contributed by atoms with Crippen LogP contribution in [0.25, 0.3) is 11.1 Å². The first kappa shape index (κ1) is 32.7. The number of carbonyl (C=O) groups excluding carboxylic acids is 2. The van der Waals surface area contributed by atoms with Gasteiger partial charge in [-0.15, -0.1) is 11.6 Å². The zero-order valence-electron chi connectivity index (χ0n) is 25.5. The van der Waals surface area contributed by atoms with Gasteiger partial charge in [-0.05, 0) is 53.6 Å². The summed E-state index contributed by atoms with van der Waals surface area (Å²) in [5, 5.41) is 0. The zero-order chi connectivity index (χ0) is 31.1. The lowest BCUT2D eigenvalue weighted by molar-refractivity contribution is -0.134. The molecular weight excluding hydrogens is 588 g/mol. The molecule has 0 spiro atoms. The molecule has 232 valence electrons. The minimum Gasteiger partial charge on any atom is -0.450 e. The SMILES string of the molecule is C[SiH2]CCOC(=O)N1CCC(CN(C(=O)CCl)[C@@H](c2cc(-c3cc(F)ccc3F)cn2Cc2ccccc2)C(C)(C)C)C1. The number of hydrogen-bond acceptors (Lipinski definition) is 3. The summed E-state index contributed by atoms with van der Waals surface area (Å²) >= 11 is 6.20. The van der Waals surface area contributed by atoms with Crippen molar-refractivity contribution in [1.82, 2.24) is 14.4 Å². The molecule has 0 saturated carbocycles. The summed E-state index contributed by atoms with van der Waals surface area (Å²) in [7, 11) is -0.173. The summed E-state index contributed by atoms with van der Waals surface area (Å²) < 4.78 is 36.7. The summed E-state index contributed by atoms with van der Waals surface area (Å²) in [4.78, 5) is 29.7. The summed E-state index contributed by atoms with van der Waals surface area (Å²) in [6, 6.07) is 15.7. The standard InChI is InChI=1S/C33H42ClF2N3O3Si/c1-33(2,3)31(39(30(40)18-34)21-24-12-13-37(20-24)32(41)42-14-15-43-4)29-16-25(27-17-26(35)10-11-28(27)36)22-38(29)19-23-8-6-5-7-9-23/h5-11,16-17,22,24,31H,12-15,18-21,43H2,1-4H3/t24?,31-/m0/s1. The molecule has 3 aromatic rings. The second-order valence-corrected chi connectivity index (χ2v) is 14.4. The highest BCUT2D eigenvalue weighted by Gasteiger charge is 2.39. The molecule has 43 heavy (non-hydrogen) atoms. The number of alkyl halides is 1. The normalized spacial score (nSPS) is 16.2. The van der Waals surface area contributed by atoms with Crippen LogP contribution in [0, 0.1) is 23.0 Å². The highest BCUT2D eigenvalue weighted by molar-refractivity contribution is 6.33. The number of benzene rings is 2. The van der Waals surface area contributed by atoms with Crippen LogP contribution in [-0.4, -0.2) is 68.0 Å². The van der Waals surface area contributed by atoms with Crippen LogP contribution in [0.3, 0.4) is 0 Å². The molecule has 1 aliphatic heterocycles. The maximum absolute atomic E-state index is 15.0. The average Bonchev–Trinajstić information content (AvgIpc) is 3.61. The van der Waals surface area contributed by atoms with E-state index >= 15 is 0 Å². The van der Waals surface area contributed by atoms with E-state index in [-0.39, 0.29) is 38.9 Å². The van der Waals surface area contributed by atoms with Crippen LogP contribution in [0.4, 0.5) is 13.6 Å². The molecular formula is C33H42ClF2N3O3Si. The second kappa shape index (κ2) is 14.5. The molecule has 10 heteroatoms. The number of likely N-dealkylation sites (tertiary alicyclic amines) is 1. The monoisotopic (exact) mass is 629 g/mol. The van der Waals surface area contributed by atoms with Gasteiger partial charge in [-0.2, -0.15) is 0 Å². The lowest BCUT2D eigenvalue weighted by Crippen LogP contribution is -2.45. The van der Waals surface area contributed by atoms with Crippen molar-refractivity contribution in [2.24, 2.45) is 11.3 Å². The van der Waals surface area contributed by atoms with E-state index in [4.69, 9.17) is 16.3 Å². The van der Waals surface area contributed by atoms with Crippen LogP contribution in [0.15, 0.2) is 60.8 Å². The smallest absolute Gasteiger partial charge is 0.409 e. The van der Waals surface area contributed by atoms with E-state index in [1.807, 2.05) is 52.1 Å². The number of aromatic nitrogens is 1. The van der Waals surface area contributed by atoms with Crippen LogP contribution in [-0.2, 0) is 16.1 Å². The number of nitrogens with zero attached hydrogens (tertiary/aromatic N) is 3. The van der Waals surface area contributed by atoms with Crippen LogP contribution in [0.2, 0.25) is 12.6 Å². The number of rotatable bonds is 11. The van der Waals surface area contributed by atoms with Crippen molar-refractivity contribution < 1.29 is 23.1 Å². The highest BCUT2D eigenvalue weighted by Crippen LogP contribution is 2.42. The number of hydrogen-bond donors (Lipinski definition) is 0. The lowest BCUT2D eigenvalue weighted by Gasteiger charge is -2.42. The molecule has 0 bridgehead atoms. The molecule has 1 unspecified atom stereocenters. The number of carbonyl (C=O) groups is 2. The molecule has 2 aromatic carbocycles. The summed E-state index contributed by atoms with van der Waals surface area (Å²) in [6.07, 6.45) is 2.27. The summed E-state index contributed by atoms with van der Waals surface area (Å²) in [5.74, 6) is -1.42.